The zero-order valence-corrected chi connectivity index (χ0v) is 44.8. The van der Waals surface area contributed by atoms with Gasteiger partial charge in [-0.15, -0.1) is 16.9 Å². The number of fused-ring (bicyclic) bond motifs is 4. The van der Waals surface area contributed by atoms with Crippen molar-refractivity contribution in [1.82, 2.24) is 39.0 Å². The highest BCUT2D eigenvalue weighted by Crippen LogP contribution is 2.49. The van der Waals surface area contributed by atoms with E-state index in [2.05, 4.69) is 15.6 Å². The molecule has 0 saturated carbocycles. The molecule has 11 rings (SSSR count). The van der Waals surface area contributed by atoms with Gasteiger partial charge in [-0.2, -0.15) is 8.88 Å². The van der Waals surface area contributed by atoms with Gasteiger partial charge in [0, 0.05) is 78.6 Å². The molecule has 0 spiro atoms. The number of halogens is 2. The third-order valence-electron chi connectivity index (χ3n) is 14.7. The van der Waals surface area contributed by atoms with Crippen LogP contribution in [0.25, 0.3) is 33.4 Å². The number of thioether (sulfide) groups is 1. The molecule has 390 valence electrons. The van der Waals surface area contributed by atoms with Crippen molar-refractivity contribution < 1.29 is 45.5 Å². The Morgan fingerprint density at radius 1 is 0.961 bits per heavy atom. The van der Waals surface area contributed by atoms with Gasteiger partial charge < -0.3 is 24.6 Å². The second-order valence-electron chi connectivity index (χ2n) is 19.1. The molecular formula is C52H46Cl2N9O10S3+. The number of carboxylic acid groups (broad SMARTS) is 1. The van der Waals surface area contributed by atoms with E-state index < -0.39 is 83.4 Å². The van der Waals surface area contributed by atoms with E-state index in [1.807, 2.05) is 96.4 Å². The van der Waals surface area contributed by atoms with Gasteiger partial charge in [0.1, 0.15) is 56.7 Å². The molecule has 6 heterocycles. The number of nitrogens with zero attached hydrogens (tertiary/aromatic N) is 8. The van der Waals surface area contributed by atoms with Crippen molar-refractivity contribution in [2.45, 2.75) is 52.4 Å². The van der Waals surface area contributed by atoms with Crippen molar-refractivity contribution in [3.05, 3.63) is 148 Å². The fraction of sp³-hybridized carbons (Fsp3) is 0.250. The van der Waals surface area contributed by atoms with Gasteiger partial charge in [-0.3, -0.25) is 24.0 Å². The summed E-state index contributed by atoms with van der Waals surface area (Å²) < 4.78 is 66.9. The van der Waals surface area contributed by atoms with Gasteiger partial charge in [-0.25, -0.2) is 21.6 Å². The Kier molecular flexibility index (Phi) is 12.7. The summed E-state index contributed by atoms with van der Waals surface area (Å²) in [6.07, 6.45) is 2.47. The van der Waals surface area contributed by atoms with Crippen LogP contribution in [-0.2, 0) is 45.6 Å². The quantitative estimate of drug-likeness (QED) is 0.0793. The molecule has 5 aliphatic heterocycles. The van der Waals surface area contributed by atoms with E-state index in [0.717, 1.165) is 48.3 Å². The molecule has 2 N–H and O–H groups in total. The van der Waals surface area contributed by atoms with E-state index >= 15 is 8.42 Å². The smallest absolute Gasteiger partial charge is 0.352 e. The van der Waals surface area contributed by atoms with Crippen LogP contribution in [0.5, 0.6) is 0 Å². The first-order valence-electron chi connectivity index (χ1n) is 23.7. The van der Waals surface area contributed by atoms with Gasteiger partial charge >= 0.3 is 5.97 Å². The monoisotopic (exact) mass is 1120 g/mol. The summed E-state index contributed by atoms with van der Waals surface area (Å²) in [6, 6.07) is 29.7. The number of benzene rings is 5. The fourth-order valence-corrected chi connectivity index (χ4v) is 16.3. The molecule has 0 radical (unpaired) electrons. The number of para-hydroxylation sites is 2. The summed E-state index contributed by atoms with van der Waals surface area (Å²) in [6.45, 7) is 0.607. The van der Waals surface area contributed by atoms with Crippen LogP contribution in [0.2, 0.25) is 10.0 Å². The average molecular weight is 1120 g/mol. The summed E-state index contributed by atoms with van der Waals surface area (Å²) in [7, 11) is -3.52. The molecular weight excluding hydrogens is 1080 g/mol. The number of hydrogen-bond donors (Lipinski definition) is 2. The van der Waals surface area contributed by atoms with Crippen molar-refractivity contribution >= 4 is 107 Å². The number of aromatic nitrogens is 3. The number of anilines is 2. The molecule has 3 saturated heterocycles. The number of aliphatic carboxylic acids is 1. The topological polar surface area (TPSA) is 229 Å². The molecule has 5 aromatic rings. The van der Waals surface area contributed by atoms with Crippen LogP contribution in [0.3, 0.4) is 0 Å². The molecule has 0 bridgehead atoms. The number of hydrogen-bond acceptors (Lipinski definition) is 13. The Balaban J connectivity index is 0.924. The normalized spacial score (nSPS) is 22.3. The van der Waals surface area contributed by atoms with Crippen LogP contribution < -0.4 is 20.1 Å². The summed E-state index contributed by atoms with van der Waals surface area (Å²) in [5.74, 6) is -3.37. The minimum atomic E-state index is -4.47. The second-order valence-corrected chi connectivity index (χ2v) is 25.6. The zero-order chi connectivity index (χ0) is 53.7. The second kappa shape index (κ2) is 18.9. The van der Waals surface area contributed by atoms with Gasteiger partial charge in [-0.1, -0.05) is 70.9 Å². The van der Waals surface area contributed by atoms with Crippen LogP contribution in [0.1, 0.15) is 13.3 Å². The standard InChI is InChI=1S/C52H45Cl2N9O10S3/c1-52(28-61-22-21-55-57-61)47(62-42(64)25-43(62)75(52,69)70)48(65)56-45-49(66)63-46(51(67)68)29(27-74-50(45)63)26-58(2)76(71,72)41-16-10-5-11-34(41)44-32-19-17-30(59(3)37-14-8-6-12-35(37)53)23-39(32)73-40-24-31(18-20-33(40)44)60(4)38-15-9-7-13-36(38)54/h5-24,43,45,47,50H,25-28H2,1-4H3,(H-,56,65,67,68)/p+1/t43-,45-,47+,50-,52?/m1/s1. The molecule has 1 aromatic heterocycles. The largest absolute Gasteiger partial charge is 0.477 e. The number of sulfonamides is 1. The molecule has 5 atom stereocenters. The maximum absolute atomic E-state index is 15.1. The van der Waals surface area contributed by atoms with Crippen LogP contribution in [-0.4, -0.2) is 136 Å². The highest BCUT2D eigenvalue weighted by Gasteiger charge is 2.70. The predicted molar refractivity (Wildman–Crippen MR) is 286 cm³/mol. The highest BCUT2D eigenvalue weighted by atomic mass is 35.5. The van der Waals surface area contributed by atoms with Gasteiger partial charge in [0.15, 0.2) is 9.84 Å². The average Bonchev–Trinajstić information content (AvgIpc) is 4.16. The number of carboxylic acids is 1. The number of β-lactam (4-membered cyclic amide) rings is 2. The Morgan fingerprint density at radius 3 is 2.39 bits per heavy atom. The van der Waals surface area contributed by atoms with Crippen LogP contribution in [0.4, 0.5) is 17.1 Å². The molecule has 24 heteroatoms. The van der Waals surface area contributed by atoms with Gasteiger partial charge in [0.05, 0.1) is 40.8 Å². The minimum Gasteiger partial charge on any atom is -0.477 e. The van der Waals surface area contributed by atoms with E-state index in [4.69, 9.17) is 27.6 Å². The first-order valence-corrected chi connectivity index (χ1v) is 28.5. The molecule has 1 aliphatic carbocycles. The SMILES string of the molecule is CN(c1ccc2c(-c3ccccc3S(=O)(=O)N(C)CC3=C(C(=O)O)N4C(=O)[C@@H](NC(=O)[C@@H]5N6C(=O)C[C@H]6S(=O)(=O)C5(C)Cn5ccnn5)[C@H]4SC3)c3ccc(=[N+](C)c4ccccc4Cl)cc-3oc2c1)c1ccccc1Cl. The van der Waals surface area contributed by atoms with Crippen molar-refractivity contribution in [2.75, 3.05) is 38.3 Å². The molecule has 3 fully saturated rings. The number of amides is 3. The van der Waals surface area contributed by atoms with E-state index in [1.165, 1.54) is 37.1 Å². The molecule has 6 aliphatic rings. The Bertz CT molecular complexity index is 3930. The van der Waals surface area contributed by atoms with Crippen molar-refractivity contribution in [2.24, 2.45) is 0 Å². The summed E-state index contributed by atoms with van der Waals surface area (Å²) in [4.78, 5) is 58.0. The Hall–Kier alpha value is -7.08. The Labute approximate surface area is 449 Å². The van der Waals surface area contributed by atoms with E-state index in [1.54, 1.807) is 30.3 Å². The maximum Gasteiger partial charge on any atom is 0.352 e. The van der Waals surface area contributed by atoms with Crippen molar-refractivity contribution in [3.63, 3.8) is 0 Å². The Morgan fingerprint density at radius 2 is 1.68 bits per heavy atom. The third-order valence-corrected chi connectivity index (χ3v) is 21.3. The molecule has 19 nitrogen and oxygen atoms in total. The summed E-state index contributed by atoms with van der Waals surface area (Å²) in [5, 5.41) is 21.1. The highest BCUT2D eigenvalue weighted by molar-refractivity contribution is 8.00. The van der Waals surface area contributed by atoms with Crippen LogP contribution in [0, 0.1) is 0 Å². The van der Waals surface area contributed by atoms with Gasteiger partial charge in [0.25, 0.3) is 5.91 Å². The number of sulfone groups is 1. The zero-order valence-electron chi connectivity index (χ0n) is 40.9. The van der Waals surface area contributed by atoms with Crippen molar-refractivity contribution in [1.29, 1.82) is 0 Å². The molecule has 4 aromatic carbocycles. The fourth-order valence-electron chi connectivity index (χ4n) is 10.7. The number of rotatable bonds is 13. The molecule has 3 amide bonds. The maximum atomic E-state index is 15.1. The first-order chi connectivity index (χ1) is 36.2. The minimum absolute atomic E-state index is 0.0517. The first kappa shape index (κ1) is 51.0. The lowest BCUT2D eigenvalue weighted by molar-refractivity contribution is -0.154. The lowest BCUT2D eigenvalue weighted by Crippen LogP contribution is -2.73. The predicted octanol–water partition coefficient (Wildman–Crippen LogP) is 5.78. The van der Waals surface area contributed by atoms with E-state index in [9.17, 15) is 32.7 Å². The summed E-state index contributed by atoms with van der Waals surface area (Å²) >= 11 is 14.4. The van der Waals surface area contributed by atoms with Crippen LogP contribution >= 0.6 is 35.0 Å². The van der Waals surface area contributed by atoms with Crippen molar-refractivity contribution in [3.8, 4) is 22.5 Å². The van der Waals surface area contributed by atoms with Gasteiger partial charge in [0.2, 0.25) is 32.9 Å². The lowest BCUT2D eigenvalue weighted by Gasteiger charge is -2.50. The summed E-state index contributed by atoms with van der Waals surface area (Å²) in [5.41, 5.74) is 3.81. The molecule has 1 unspecified atom stereocenters. The van der Waals surface area contributed by atoms with E-state index in [-0.39, 0.29) is 29.2 Å². The third kappa shape index (κ3) is 8.06. The lowest BCUT2D eigenvalue weighted by atomic mass is 9.93. The van der Waals surface area contributed by atoms with Crippen LogP contribution in [0.15, 0.2) is 142 Å². The number of nitrogens with one attached hydrogen (secondary N) is 1. The number of carbonyl (C=O) groups is 4. The van der Waals surface area contributed by atoms with Gasteiger partial charge in [-0.05, 0) is 55.0 Å². The number of carbonyl (C=O) groups excluding carboxylic acids is 3. The molecule has 76 heavy (non-hydrogen) atoms. The van der Waals surface area contributed by atoms with E-state index in [0.29, 0.717) is 43.5 Å². The number of likely N-dealkylation sites (N-methyl/N-ethyl adjacent to an activating group) is 1.